The second-order valence-corrected chi connectivity index (χ2v) is 10.5. The zero-order valence-electron chi connectivity index (χ0n) is 22.5. The van der Waals surface area contributed by atoms with Gasteiger partial charge < -0.3 is 25.4 Å². The van der Waals surface area contributed by atoms with Gasteiger partial charge in [0.05, 0.1) is 16.9 Å². The molecule has 0 radical (unpaired) electrons. The maximum Gasteiger partial charge on any atom is 0.253 e. The first-order valence-electron chi connectivity index (χ1n) is 13.2. The van der Waals surface area contributed by atoms with Gasteiger partial charge in [-0.1, -0.05) is 35.9 Å². The number of aromatic nitrogens is 3. The van der Waals surface area contributed by atoms with E-state index in [9.17, 15) is 9.59 Å². The number of carbonyl (C=O) groups is 2. The number of benzene rings is 2. The number of H-pyrrole nitrogens is 1. The predicted octanol–water partition coefficient (Wildman–Crippen LogP) is 5.05. The van der Waals surface area contributed by atoms with Crippen LogP contribution in [0.2, 0.25) is 5.02 Å². The lowest BCUT2D eigenvalue weighted by Gasteiger charge is -2.32. The van der Waals surface area contributed by atoms with Crippen LogP contribution >= 0.6 is 11.6 Å². The highest BCUT2D eigenvalue weighted by Crippen LogP contribution is 2.32. The van der Waals surface area contributed by atoms with Crippen LogP contribution in [0.15, 0.2) is 73.1 Å². The molecule has 1 aliphatic rings. The molecule has 0 saturated carbocycles. The number of amides is 2. The third-order valence-corrected chi connectivity index (χ3v) is 7.12. The molecule has 1 saturated heterocycles. The van der Waals surface area contributed by atoms with Gasteiger partial charge in [0.25, 0.3) is 5.91 Å². The van der Waals surface area contributed by atoms with E-state index in [1.165, 1.54) is 6.08 Å². The van der Waals surface area contributed by atoms with Crippen molar-refractivity contribution in [1.82, 2.24) is 24.8 Å². The van der Waals surface area contributed by atoms with Gasteiger partial charge in [0, 0.05) is 65.7 Å². The summed E-state index contributed by atoms with van der Waals surface area (Å²) in [5, 5.41) is 7.78. The second-order valence-electron chi connectivity index (χ2n) is 10.1. The van der Waals surface area contributed by atoms with Crippen LogP contribution in [0, 0.1) is 0 Å². The minimum absolute atomic E-state index is 0.0217. The molecule has 9 nitrogen and oxygen atoms in total. The fourth-order valence-corrected chi connectivity index (χ4v) is 4.93. The van der Waals surface area contributed by atoms with Gasteiger partial charge in [0.15, 0.2) is 0 Å². The molecule has 1 fully saturated rings. The van der Waals surface area contributed by atoms with Crippen molar-refractivity contribution < 1.29 is 9.59 Å². The fraction of sp³-hybridized carbons (Fsp3) is 0.267. The molecule has 40 heavy (non-hydrogen) atoms. The van der Waals surface area contributed by atoms with E-state index in [0.29, 0.717) is 47.6 Å². The molecule has 5 rings (SSSR count). The molecular weight excluding hydrogens is 526 g/mol. The smallest absolute Gasteiger partial charge is 0.253 e. The Kier molecular flexibility index (Phi) is 8.42. The van der Waals surface area contributed by atoms with E-state index in [0.717, 1.165) is 29.3 Å². The predicted molar refractivity (Wildman–Crippen MR) is 160 cm³/mol. The third kappa shape index (κ3) is 6.50. The first-order valence-corrected chi connectivity index (χ1v) is 13.6. The van der Waals surface area contributed by atoms with Crippen LogP contribution in [0.25, 0.3) is 22.2 Å². The zero-order valence-corrected chi connectivity index (χ0v) is 23.3. The van der Waals surface area contributed by atoms with E-state index in [1.807, 2.05) is 54.4 Å². The standard InChI is InChI=1S/C30H32ClN7O2/c1-37(2)15-5-8-27(39)34-21-11-9-20(10-12-21)29(40)38-16-13-22(14-17-38)35-30-33-19-25(31)28(36-30)24-18-32-26-7-4-3-6-23(24)26/h3-12,18-19,22,32H,13-17H2,1-2H3,(H,34,39)(H,33,35,36). The van der Waals surface area contributed by atoms with Gasteiger partial charge >= 0.3 is 0 Å². The Morgan fingerprint density at radius 3 is 2.62 bits per heavy atom. The van der Waals surface area contributed by atoms with Gasteiger partial charge in [-0.2, -0.15) is 0 Å². The summed E-state index contributed by atoms with van der Waals surface area (Å²) >= 11 is 6.47. The average molecular weight is 558 g/mol. The molecule has 2 aromatic carbocycles. The summed E-state index contributed by atoms with van der Waals surface area (Å²) in [6.07, 6.45) is 8.39. The largest absolute Gasteiger partial charge is 0.360 e. The first kappa shape index (κ1) is 27.4. The summed E-state index contributed by atoms with van der Waals surface area (Å²) in [6, 6.07) is 15.2. The zero-order chi connectivity index (χ0) is 28.1. The van der Waals surface area contributed by atoms with Crippen LogP contribution < -0.4 is 10.6 Å². The van der Waals surface area contributed by atoms with Crippen LogP contribution in [-0.2, 0) is 4.79 Å². The number of likely N-dealkylation sites (N-methyl/N-ethyl adjacent to an activating group) is 1. The summed E-state index contributed by atoms with van der Waals surface area (Å²) in [7, 11) is 3.88. The van der Waals surface area contributed by atoms with Gasteiger partial charge in [-0.3, -0.25) is 9.59 Å². The third-order valence-electron chi connectivity index (χ3n) is 6.84. The van der Waals surface area contributed by atoms with Gasteiger partial charge in [-0.15, -0.1) is 0 Å². The minimum atomic E-state index is -0.200. The lowest BCUT2D eigenvalue weighted by atomic mass is 10.0. The lowest BCUT2D eigenvalue weighted by molar-refractivity contribution is -0.111. The van der Waals surface area contributed by atoms with Crippen LogP contribution in [0.5, 0.6) is 0 Å². The van der Waals surface area contributed by atoms with Crippen molar-refractivity contribution in [2.24, 2.45) is 0 Å². The molecule has 3 heterocycles. The van der Waals surface area contributed by atoms with Gasteiger partial charge in [0.2, 0.25) is 11.9 Å². The maximum atomic E-state index is 13.1. The number of anilines is 2. The number of piperidine rings is 1. The Balaban J connectivity index is 1.16. The highest BCUT2D eigenvalue weighted by atomic mass is 35.5. The molecule has 0 aliphatic carbocycles. The van der Waals surface area contributed by atoms with Gasteiger partial charge in [-0.05, 0) is 57.3 Å². The van der Waals surface area contributed by atoms with Crippen molar-refractivity contribution in [2.45, 2.75) is 18.9 Å². The molecule has 10 heteroatoms. The fourth-order valence-electron chi connectivity index (χ4n) is 4.74. The van der Waals surface area contributed by atoms with Crippen molar-refractivity contribution in [2.75, 3.05) is 44.4 Å². The van der Waals surface area contributed by atoms with E-state index in [1.54, 1.807) is 36.5 Å². The molecule has 3 N–H and O–H groups in total. The van der Waals surface area contributed by atoms with Crippen molar-refractivity contribution in [3.8, 4) is 11.3 Å². The Bertz CT molecular complexity index is 1520. The van der Waals surface area contributed by atoms with Crippen molar-refractivity contribution in [3.05, 3.63) is 83.7 Å². The summed E-state index contributed by atoms with van der Waals surface area (Å²) in [5.74, 6) is 0.295. The van der Waals surface area contributed by atoms with E-state index in [4.69, 9.17) is 16.6 Å². The molecule has 206 valence electrons. The Hall–Kier alpha value is -4.21. The lowest BCUT2D eigenvalue weighted by Crippen LogP contribution is -2.42. The summed E-state index contributed by atoms with van der Waals surface area (Å²) in [4.78, 5) is 41.3. The maximum absolute atomic E-state index is 13.1. The van der Waals surface area contributed by atoms with E-state index in [2.05, 4.69) is 20.6 Å². The van der Waals surface area contributed by atoms with Crippen LogP contribution in [0.3, 0.4) is 0 Å². The number of carbonyl (C=O) groups excluding carboxylic acids is 2. The number of nitrogens with zero attached hydrogens (tertiary/aromatic N) is 4. The minimum Gasteiger partial charge on any atom is -0.360 e. The van der Waals surface area contributed by atoms with Crippen molar-refractivity contribution >= 4 is 46.0 Å². The van der Waals surface area contributed by atoms with Gasteiger partial charge in [0.1, 0.15) is 0 Å². The quantitative estimate of drug-likeness (QED) is 0.262. The highest BCUT2D eigenvalue weighted by molar-refractivity contribution is 6.33. The first-order chi connectivity index (χ1) is 19.4. The number of fused-ring (bicyclic) bond motifs is 1. The van der Waals surface area contributed by atoms with Crippen LogP contribution in [-0.4, -0.2) is 76.3 Å². The van der Waals surface area contributed by atoms with E-state index in [-0.39, 0.29) is 17.9 Å². The topological polar surface area (TPSA) is 106 Å². The number of hydrogen-bond donors (Lipinski definition) is 3. The van der Waals surface area contributed by atoms with Crippen LogP contribution in [0.1, 0.15) is 23.2 Å². The number of likely N-dealkylation sites (tertiary alicyclic amines) is 1. The SMILES string of the molecule is CN(C)CC=CC(=O)Nc1ccc(C(=O)N2CCC(Nc3ncc(Cl)c(-c4c[nH]c5ccccc45)n3)CC2)cc1. The molecular formula is C30H32ClN7O2. The number of para-hydroxylation sites is 1. The molecule has 4 aromatic rings. The van der Waals surface area contributed by atoms with E-state index < -0.39 is 0 Å². The van der Waals surface area contributed by atoms with Gasteiger partial charge in [-0.25, -0.2) is 9.97 Å². The molecule has 1 aliphatic heterocycles. The molecule has 2 amide bonds. The summed E-state index contributed by atoms with van der Waals surface area (Å²) in [6.45, 7) is 1.93. The number of hydrogen-bond acceptors (Lipinski definition) is 6. The Labute approximate surface area is 238 Å². The summed E-state index contributed by atoms with van der Waals surface area (Å²) < 4.78 is 0. The van der Waals surface area contributed by atoms with E-state index >= 15 is 0 Å². The second kappa shape index (κ2) is 12.3. The monoisotopic (exact) mass is 557 g/mol. The molecule has 0 spiro atoms. The normalized spacial score (nSPS) is 14.2. The molecule has 0 unspecified atom stereocenters. The highest BCUT2D eigenvalue weighted by Gasteiger charge is 2.24. The number of halogens is 1. The number of nitrogens with one attached hydrogen (secondary N) is 3. The Morgan fingerprint density at radius 2 is 1.88 bits per heavy atom. The van der Waals surface area contributed by atoms with Crippen molar-refractivity contribution in [1.29, 1.82) is 0 Å². The summed E-state index contributed by atoms with van der Waals surface area (Å²) in [5.41, 5.74) is 3.86. The molecule has 0 bridgehead atoms. The number of aromatic amines is 1. The van der Waals surface area contributed by atoms with Crippen molar-refractivity contribution in [3.63, 3.8) is 0 Å². The molecule has 2 aromatic heterocycles. The van der Waals surface area contributed by atoms with Crippen LogP contribution in [0.4, 0.5) is 11.6 Å². The molecule has 0 atom stereocenters. The Morgan fingerprint density at radius 1 is 1.12 bits per heavy atom. The average Bonchev–Trinajstić information content (AvgIpc) is 3.38. The number of rotatable bonds is 8.